The lowest BCUT2D eigenvalue weighted by atomic mass is 9.85. The summed E-state index contributed by atoms with van der Waals surface area (Å²) in [4.78, 5) is 4.36. The van der Waals surface area contributed by atoms with E-state index in [0.717, 1.165) is 17.9 Å². The molecule has 0 radical (unpaired) electrons. The van der Waals surface area contributed by atoms with E-state index in [9.17, 15) is 0 Å². The van der Waals surface area contributed by atoms with Crippen molar-refractivity contribution in [1.82, 2.24) is 4.98 Å². The maximum atomic E-state index is 5.06. The Morgan fingerprint density at radius 1 is 1.36 bits per heavy atom. The topological polar surface area (TPSA) is 22.1 Å². The van der Waals surface area contributed by atoms with E-state index in [-0.39, 0.29) is 0 Å². The van der Waals surface area contributed by atoms with Crippen LogP contribution in [0.3, 0.4) is 0 Å². The molecule has 78 valence electrons. The Hall–Kier alpha value is -1.05. The van der Waals surface area contributed by atoms with Gasteiger partial charge in [0.15, 0.2) is 0 Å². The highest BCUT2D eigenvalue weighted by atomic mass is 16.5. The van der Waals surface area contributed by atoms with Crippen LogP contribution in [0, 0.1) is 5.41 Å². The molecule has 0 fully saturated rings. The standard InChI is InChI=1S/C12H19NO/c1-5-12(2,3)8-10-6-7-11(14-4)9-13-10/h6-7,9H,5,8H2,1-4H3. The van der Waals surface area contributed by atoms with Crippen molar-refractivity contribution in [1.29, 1.82) is 0 Å². The Kier molecular flexibility index (Phi) is 3.50. The van der Waals surface area contributed by atoms with Gasteiger partial charge in [-0.05, 0) is 24.0 Å². The lowest BCUT2D eigenvalue weighted by molar-refractivity contribution is 0.344. The molecule has 1 aromatic heterocycles. The van der Waals surface area contributed by atoms with Crippen LogP contribution in [0.4, 0.5) is 0 Å². The van der Waals surface area contributed by atoms with Gasteiger partial charge in [0.25, 0.3) is 0 Å². The first-order valence-electron chi connectivity index (χ1n) is 5.06. The molecule has 0 atom stereocenters. The highest BCUT2D eigenvalue weighted by molar-refractivity contribution is 5.20. The van der Waals surface area contributed by atoms with Gasteiger partial charge in [-0.25, -0.2) is 0 Å². The van der Waals surface area contributed by atoms with E-state index >= 15 is 0 Å². The minimum atomic E-state index is 0.335. The Morgan fingerprint density at radius 3 is 2.50 bits per heavy atom. The first kappa shape index (κ1) is 11.0. The van der Waals surface area contributed by atoms with E-state index in [0.29, 0.717) is 5.41 Å². The maximum absolute atomic E-state index is 5.06. The van der Waals surface area contributed by atoms with Crippen LogP contribution in [-0.2, 0) is 6.42 Å². The van der Waals surface area contributed by atoms with Crippen molar-refractivity contribution in [2.75, 3.05) is 7.11 Å². The Balaban J connectivity index is 2.69. The second-order valence-electron chi connectivity index (χ2n) is 4.38. The molecule has 0 bridgehead atoms. The number of ether oxygens (including phenoxy) is 1. The van der Waals surface area contributed by atoms with Gasteiger partial charge in [-0.15, -0.1) is 0 Å². The molecule has 0 aliphatic rings. The van der Waals surface area contributed by atoms with Crippen LogP contribution in [0.2, 0.25) is 0 Å². The average Bonchev–Trinajstić information content (AvgIpc) is 2.19. The number of methoxy groups -OCH3 is 1. The summed E-state index contributed by atoms with van der Waals surface area (Å²) in [5.41, 5.74) is 1.47. The third-order valence-corrected chi connectivity index (χ3v) is 2.65. The molecule has 1 rings (SSSR count). The fourth-order valence-electron chi connectivity index (χ4n) is 1.25. The molecular formula is C12H19NO. The predicted octanol–water partition coefficient (Wildman–Crippen LogP) is 3.07. The quantitative estimate of drug-likeness (QED) is 0.733. The van der Waals surface area contributed by atoms with Crippen LogP contribution < -0.4 is 4.74 Å². The molecule has 14 heavy (non-hydrogen) atoms. The van der Waals surface area contributed by atoms with Crippen molar-refractivity contribution in [3.63, 3.8) is 0 Å². The Morgan fingerprint density at radius 2 is 2.07 bits per heavy atom. The van der Waals surface area contributed by atoms with Crippen LogP contribution in [0.15, 0.2) is 18.3 Å². The van der Waals surface area contributed by atoms with Crippen LogP contribution in [0.5, 0.6) is 5.75 Å². The van der Waals surface area contributed by atoms with Gasteiger partial charge in [0.1, 0.15) is 5.75 Å². The monoisotopic (exact) mass is 193 g/mol. The van der Waals surface area contributed by atoms with Crippen molar-refractivity contribution in [2.24, 2.45) is 5.41 Å². The zero-order chi connectivity index (χ0) is 10.6. The van der Waals surface area contributed by atoms with Crippen LogP contribution >= 0.6 is 0 Å². The summed E-state index contributed by atoms with van der Waals surface area (Å²) in [7, 11) is 1.66. The summed E-state index contributed by atoms with van der Waals surface area (Å²) in [6.45, 7) is 6.74. The minimum Gasteiger partial charge on any atom is -0.495 e. The second kappa shape index (κ2) is 4.45. The molecule has 0 aliphatic heterocycles. The molecular weight excluding hydrogens is 174 g/mol. The molecule has 1 heterocycles. The summed E-state index contributed by atoms with van der Waals surface area (Å²) in [6.07, 6.45) is 3.97. The summed E-state index contributed by atoms with van der Waals surface area (Å²) in [6, 6.07) is 4.00. The Bertz CT molecular complexity index is 277. The van der Waals surface area contributed by atoms with Gasteiger partial charge in [0.2, 0.25) is 0 Å². The number of hydrogen-bond donors (Lipinski definition) is 0. The molecule has 0 unspecified atom stereocenters. The molecule has 0 spiro atoms. The summed E-state index contributed by atoms with van der Waals surface area (Å²) >= 11 is 0. The molecule has 0 N–H and O–H groups in total. The van der Waals surface area contributed by atoms with Gasteiger partial charge in [-0.1, -0.05) is 27.2 Å². The van der Waals surface area contributed by atoms with Gasteiger partial charge in [-0.3, -0.25) is 4.98 Å². The molecule has 1 aromatic rings. The lowest BCUT2D eigenvalue weighted by Gasteiger charge is -2.21. The number of nitrogens with zero attached hydrogens (tertiary/aromatic N) is 1. The molecule has 0 aliphatic carbocycles. The molecule has 2 heteroatoms. The number of rotatable bonds is 4. The van der Waals surface area contributed by atoms with E-state index in [1.807, 2.05) is 12.1 Å². The fourth-order valence-corrected chi connectivity index (χ4v) is 1.25. The van der Waals surface area contributed by atoms with E-state index in [1.54, 1.807) is 13.3 Å². The maximum Gasteiger partial charge on any atom is 0.137 e. The fraction of sp³-hybridized carbons (Fsp3) is 0.583. The molecule has 0 amide bonds. The average molecular weight is 193 g/mol. The van der Waals surface area contributed by atoms with Crippen LogP contribution in [0.1, 0.15) is 32.9 Å². The largest absolute Gasteiger partial charge is 0.495 e. The summed E-state index contributed by atoms with van der Waals surface area (Å²) in [5.74, 6) is 0.822. The highest BCUT2D eigenvalue weighted by Gasteiger charge is 2.16. The zero-order valence-electron chi connectivity index (χ0n) is 9.50. The van der Waals surface area contributed by atoms with E-state index in [4.69, 9.17) is 4.74 Å². The molecule has 0 aromatic carbocycles. The molecule has 0 saturated heterocycles. The van der Waals surface area contributed by atoms with Crippen molar-refractivity contribution in [3.8, 4) is 5.75 Å². The van der Waals surface area contributed by atoms with Gasteiger partial charge in [0.05, 0.1) is 13.3 Å². The van der Waals surface area contributed by atoms with Gasteiger partial charge in [-0.2, -0.15) is 0 Å². The molecule has 0 saturated carbocycles. The van der Waals surface area contributed by atoms with Crippen molar-refractivity contribution >= 4 is 0 Å². The van der Waals surface area contributed by atoms with Crippen LogP contribution in [0.25, 0.3) is 0 Å². The third-order valence-electron chi connectivity index (χ3n) is 2.65. The summed E-state index contributed by atoms with van der Waals surface area (Å²) in [5, 5.41) is 0. The summed E-state index contributed by atoms with van der Waals surface area (Å²) < 4.78 is 5.06. The van der Waals surface area contributed by atoms with E-state index in [2.05, 4.69) is 25.8 Å². The number of pyridine rings is 1. The first-order valence-corrected chi connectivity index (χ1v) is 5.06. The first-order chi connectivity index (χ1) is 6.57. The van der Waals surface area contributed by atoms with Crippen molar-refractivity contribution < 1.29 is 4.74 Å². The number of aromatic nitrogens is 1. The van der Waals surface area contributed by atoms with Crippen LogP contribution in [-0.4, -0.2) is 12.1 Å². The Labute approximate surface area is 86.3 Å². The van der Waals surface area contributed by atoms with Gasteiger partial charge >= 0.3 is 0 Å². The SMILES string of the molecule is CCC(C)(C)Cc1ccc(OC)cn1. The van der Waals surface area contributed by atoms with Gasteiger partial charge < -0.3 is 4.74 Å². The molecule has 2 nitrogen and oxygen atoms in total. The van der Waals surface area contributed by atoms with E-state index < -0.39 is 0 Å². The lowest BCUT2D eigenvalue weighted by Crippen LogP contribution is -2.14. The number of hydrogen-bond acceptors (Lipinski definition) is 2. The van der Waals surface area contributed by atoms with E-state index in [1.165, 1.54) is 6.42 Å². The normalized spacial score (nSPS) is 11.4. The predicted molar refractivity (Wildman–Crippen MR) is 58.6 cm³/mol. The minimum absolute atomic E-state index is 0.335. The smallest absolute Gasteiger partial charge is 0.137 e. The van der Waals surface area contributed by atoms with Crippen molar-refractivity contribution in [3.05, 3.63) is 24.0 Å². The van der Waals surface area contributed by atoms with Crippen molar-refractivity contribution in [2.45, 2.75) is 33.6 Å². The van der Waals surface area contributed by atoms with Gasteiger partial charge in [0, 0.05) is 5.69 Å². The zero-order valence-corrected chi connectivity index (χ0v) is 9.50. The highest BCUT2D eigenvalue weighted by Crippen LogP contribution is 2.24. The third kappa shape index (κ3) is 3.02. The second-order valence-corrected chi connectivity index (χ2v) is 4.38.